The first kappa shape index (κ1) is 24.4. The van der Waals surface area contributed by atoms with Gasteiger partial charge in [-0.2, -0.15) is 13.2 Å². The van der Waals surface area contributed by atoms with Crippen LogP contribution < -0.4 is 10.5 Å². The molecule has 3 aromatic carbocycles. The molecule has 0 saturated heterocycles. The highest BCUT2D eigenvalue weighted by Crippen LogP contribution is 2.32. The number of carbonyl (C=O) groups is 1. The van der Waals surface area contributed by atoms with Gasteiger partial charge >= 0.3 is 6.18 Å². The standard InChI is InChI=1S/C27H28F3NO2/c1-18(2)4-3-5-25(21-6-8-22(9-7-21)26(31)32)33-24-16-12-20(13-17-24)19-10-14-23(15-11-19)27(28,29)30/h6-18,25H,3-5H2,1-2H3,(H2,31,32). The average Bonchev–Trinajstić information content (AvgIpc) is 2.78. The van der Waals surface area contributed by atoms with Gasteiger partial charge in [0.05, 0.1) is 5.56 Å². The molecule has 0 saturated carbocycles. The lowest BCUT2D eigenvalue weighted by molar-refractivity contribution is -0.137. The van der Waals surface area contributed by atoms with E-state index in [9.17, 15) is 18.0 Å². The Bertz CT molecular complexity index is 1040. The van der Waals surface area contributed by atoms with Crippen molar-refractivity contribution in [2.24, 2.45) is 11.7 Å². The number of primary amides is 1. The van der Waals surface area contributed by atoms with Gasteiger partial charge in [-0.3, -0.25) is 4.79 Å². The normalized spacial score (nSPS) is 12.5. The molecule has 0 aliphatic heterocycles. The molecule has 3 nitrogen and oxygen atoms in total. The number of alkyl halides is 3. The van der Waals surface area contributed by atoms with Gasteiger partial charge < -0.3 is 10.5 Å². The Morgan fingerprint density at radius 2 is 1.39 bits per heavy atom. The van der Waals surface area contributed by atoms with E-state index in [-0.39, 0.29) is 6.10 Å². The van der Waals surface area contributed by atoms with E-state index in [1.165, 1.54) is 12.1 Å². The van der Waals surface area contributed by atoms with Gasteiger partial charge in [-0.25, -0.2) is 0 Å². The minimum Gasteiger partial charge on any atom is -0.486 e. The number of ether oxygens (including phenoxy) is 1. The summed E-state index contributed by atoms with van der Waals surface area (Å²) in [6.45, 7) is 4.36. The van der Waals surface area contributed by atoms with Crippen LogP contribution in [0.2, 0.25) is 0 Å². The van der Waals surface area contributed by atoms with E-state index >= 15 is 0 Å². The van der Waals surface area contributed by atoms with Crippen LogP contribution in [-0.4, -0.2) is 5.91 Å². The molecule has 33 heavy (non-hydrogen) atoms. The van der Waals surface area contributed by atoms with Crippen LogP contribution in [0.25, 0.3) is 11.1 Å². The molecule has 174 valence electrons. The van der Waals surface area contributed by atoms with Gasteiger partial charge in [0.2, 0.25) is 5.91 Å². The van der Waals surface area contributed by atoms with Crippen molar-refractivity contribution in [2.45, 2.75) is 45.4 Å². The number of hydrogen-bond acceptors (Lipinski definition) is 2. The summed E-state index contributed by atoms with van der Waals surface area (Å²) in [6.07, 6.45) is -1.66. The molecule has 0 fully saturated rings. The molecule has 1 atom stereocenters. The van der Waals surface area contributed by atoms with E-state index in [2.05, 4.69) is 13.8 Å². The second kappa shape index (κ2) is 10.6. The second-order valence-corrected chi connectivity index (χ2v) is 8.52. The first-order chi connectivity index (χ1) is 15.6. The number of benzene rings is 3. The first-order valence-corrected chi connectivity index (χ1v) is 11.0. The van der Waals surface area contributed by atoms with Crippen LogP contribution in [0.1, 0.15) is 60.7 Å². The van der Waals surface area contributed by atoms with Gasteiger partial charge in [0.1, 0.15) is 11.9 Å². The van der Waals surface area contributed by atoms with E-state index in [1.807, 2.05) is 36.4 Å². The van der Waals surface area contributed by atoms with E-state index in [0.717, 1.165) is 42.5 Å². The molecule has 6 heteroatoms. The van der Waals surface area contributed by atoms with Crippen molar-refractivity contribution in [3.8, 4) is 16.9 Å². The summed E-state index contributed by atoms with van der Waals surface area (Å²) < 4.78 is 44.6. The molecule has 1 unspecified atom stereocenters. The molecule has 0 aromatic heterocycles. The van der Waals surface area contributed by atoms with E-state index in [4.69, 9.17) is 10.5 Å². The van der Waals surface area contributed by atoms with Gasteiger partial charge in [-0.1, -0.05) is 56.7 Å². The zero-order chi connectivity index (χ0) is 24.0. The molecule has 0 aliphatic carbocycles. The second-order valence-electron chi connectivity index (χ2n) is 8.52. The molecular weight excluding hydrogens is 427 g/mol. The van der Waals surface area contributed by atoms with Gasteiger partial charge in [0, 0.05) is 5.56 Å². The van der Waals surface area contributed by atoms with Crippen LogP contribution >= 0.6 is 0 Å². The number of carbonyl (C=O) groups excluding carboxylic acids is 1. The smallest absolute Gasteiger partial charge is 0.416 e. The third-order valence-electron chi connectivity index (χ3n) is 5.49. The molecule has 0 radical (unpaired) electrons. The Morgan fingerprint density at radius 3 is 1.88 bits per heavy atom. The van der Waals surface area contributed by atoms with Gasteiger partial charge in [0.15, 0.2) is 0 Å². The Hall–Kier alpha value is -3.28. The summed E-state index contributed by atoms with van der Waals surface area (Å²) in [5.74, 6) is 0.780. The maximum atomic E-state index is 12.8. The summed E-state index contributed by atoms with van der Waals surface area (Å²) in [7, 11) is 0. The number of rotatable bonds is 9. The lowest BCUT2D eigenvalue weighted by Gasteiger charge is -2.21. The molecule has 0 bridgehead atoms. The highest BCUT2D eigenvalue weighted by molar-refractivity contribution is 5.92. The number of hydrogen-bond donors (Lipinski definition) is 1. The first-order valence-electron chi connectivity index (χ1n) is 11.0. The molecule has 0 spiro atoms. The molecule has 0 heterocycles. The Morgan fingerprint density at radius 1 is 0.848 bits per heavy atom. The summed E-state index contributed by atoms with van der Waals surface area (Å²) in [5, 5.41) is 0. The Balaban J connectivity index is 1.75. The van der Waals surface area contributed by atoms with Crippen LogP contribution in [0.5, 0.6) is 5.75 Å². The predicted molar refractivity (Wildman–Crippen MR) is 124 cm³/mol. The summed E-state index contributed by atoms with van der Waals surface area (Å²) in [5.41, 5.74) is 7.58. The average molecular weight is 456 g/mol. The largest absolute Gasteiger partial charge is 0.486 e. The molecule has 0 aliphatic rings. The number of nitrogens with two attached hydrogens (primary N) is 1. The van der Waals surface area contributed by atoms with Crippen LogP contribution in [0.15, 0.2) is 72.8 Å². The number of amides is 1. The molecule has 2 N–H and O–H groups in total. The fraction of sp³-hybridized carbons (Fsp3) is 0.296. The lowest BCUT2D eigenvalue weighted by atomic mass is 9.99. The monoisotopic (exact) mass is 455 g/mol. The Labute approximate surface area is 192 Å². The van der Waals surface area contributed by atoms with Crippen molar-refractivity contribution >= 4 is 5.91 Å². The fourth-order valence-corrected chi connectivity index (χ4v) is 3.61. The quantitative estimate of drug-likeness (QED) is 0.365. The number of halogens is 3. The van der Waals surface area contributed by atoms with Crippen molar-refractivity contribution in [3.63, 3.8) is 0 Å². The van der Waals surface area contributed by atoms with E-state index in [0.29, 0.717) is 22.8 Å². The van der Waals surface area contributed by atoms with Crippen LogP contribution in [-0.2, 0) is 6.18 Å². The third-order valence-corrected chi connectivity index (χ3v) is 5.49. The van der Waals surface area contributed by atoms with E-state index < -0.39 is 17.6 Å². The van der Waals surface area contributed by atoms with Crippen molar-refractivity contribution in [2.75, 3.05) is 0 Å². The van der Waals surface area contributed by atoms with Gasteiger partial charge in [-0.15, -0.1) is 0 Å². The van der Waals surface area contributed by atoms with Crippen molar-refractivity contribution in [1.29, 1.82) is 0 Å². The lowest BCUT2D eigenvalue weighted by Crippen LogP contribution is -2.12. The Kier molecular flexibility index (Phi) is 7.79. The van der Waals surface area contributed by atoms with Crippen LogP contribution in [0.3, 0.4) is 0 Å². The zero-order valence-electron chi connectivity index (χ0n) is 18.7. The summed E-state index contributed by atoms with van der Waals surface area (Å²) in [4.78, 5) is 11.4. The fourth-order valence-electron chi connectivity index (χ4n) is 3.61. The topological polar surface area (TPSA) is 52.3 Å². The van der Waals surface area contributed by atoms with Crippen molar-refractivity contribution < 1.29 is 22.7 Å². The van der Waals surface area contributed by atoms with E-state index in [1.54, 1.807) is 12.1 Å². The highest BCUT2D eigenvalue weighted by atomic mass is 19.4. The van der Waals surface area contributed by atoms with Crippen molar-refractivity contribution in [1.82, 2.24) is 0 Å². The minimum absolute atomic E-state index is 0.192. The molecule has 3 aromatic rings. The van der Waals surface area contributed by atoms with Crippen LogP contribution in [0, 0.1) is 5.92 Å². The SMILES string of the molecule is CC(C)CCCC(Oc1ccc(-c2ccc(C(F)(F)F)cc2)cc1)c1ccc(C(N)=O)cc1. The summed E-state index contributed by atoms with van der Waals surface area (Å²) in [6, 6.07) is 19.5. The predicted octanol–water partition coefficient (Wildman–Crippen LogP) is 7.42. The maximum absolute atomic E-state index is 12.8. The van der Waals surface area contributed by atoms with Crippen LogP contribution in [0.4, 0.5) is 13.2 Å². The van der Waals surface area contributed by atoms with Gasteiger partial charge in [-0.05, 0) is 71.8 Å². The minimum atomic E-state index is -4.35. The zero-order valence-corrected chi connectivity index (χ0v) is 18.7. The van der Waals surface area contributed by atoms with Gasteiger partial charge in [0.25, 0.3) is 0 Å². The third kappa shape index (κ3) is 6.85. The maximum Gasteiger partial charge on any atom is 0.416 e. The van der Waals surface area contributed by atoms with Crippen molar-refractivity contribution in [3.05, 3.63) is 89.5 Å². The highest BCUT2D eigenvalue weighted by Gasteiger charge is 2.30. The molecule has 3 rings (SSSR count). The molecular formula is C27H28F3NO2. The molecule has 1 amide bonds. The summed E-state index contributed by atoms with van der Waals surface area (Å²) >= 11 is 0.